The summed E-state index contributed by atoms with van der Waals surface area (Å²) in [4.78, 5) is 16.0. The third-order valence-corrected chi connectivity index (χ3v) is 9.27. The van der Waals surface area contributed by atoms with Gasteiger partial charge in [0.05, 0.1) is 4.88 Å². The van der Waals surface area contributed by atoms with Gasteiger partial charge < -0.3 is 4.90 Å². The van der Waals surface area contributed by atoms with Crippen LogP contribution in [0.25, 0.3) is 21.6 Å². The van der Waals surface area contributed by atoms with Crippen LogP contribution >= 0.6 is 11.3 Å². The van der Waals surface area contributed by atoms with Gasteiger partial charge in [-0.1, -0.05) is 84.4 Å². The van der Waals surface area contributed by atoms with Crippen LogP contribution in [-0.2, 0) is 5.41 Å². The summed E-state index contributed by atoms with van der Waals surface area (Å²) in [5, 5.41) is 0. The summed E-state index contributed by atoms with van der Waals surface area (Å²) in [5.41, 5.74) is 8.62. The smallest absolute Gasteiger partial charge is 0.160 e. The van der Waals surface area contributed by atoms with E-state index in [4.69, 9.17) is 0 Å². The summed E-state index contributed by atoms with van der Waals surface area (Å²) in [6, 6.07) is 18.5. The van der Waals surface area contributed by atoms with Gasteiger partial charge in [-0.15, -0.1) is 11.3 Å². The number of rotatable bonds is 15. The van der Waals surface area contributed by atoms with Crippen molar-refractivity contribution in [1.82, 2.24) is 0 Å². The molecule has 0 saturated carbocycles. The van der Waals surface area contributed by atoms with Crippen LogP contribution in [0.15, 0.2) is 48.5 Å². The van der Waals surface area contributed by atoms with Crippen molar-refractivity contribution in [3.63, 3.8) is 0 Å². The minimum absolute atomic E-state index is 0.0641. The van der Waals surface area contributed by atoms with E-state index in [2.05, 4.69) is 75.1 Å². The maximum atomic E-state index is 11.4. The summed E-state index contributed by atoms with van der Waals surface area (Å²) >= 11 is 1.60. The zero-order valence-electron chi connectivity index (χ0n) is 23.4. The summed E-state index contributed by atoms with van der Waals surface area (Å²) in [6.07, 6.45) is 13.2. The van der Waals surface area contributed by atoms with Crippen LogP contribution in [0.2, 0.25) is 0 Å². The van der Waals surface area contributed by atoms with Crippen molar-refractivity contribution in [1.29, 1.82) is 0 Å². The van der Waals surface area contributed by atoms with Crippen molar-refractivity contribution < 1.29 is 4.79 Å². The second-order valence-electron chi connectivity index (χ2n) is 10.8. The van der Waals surface area contributed by atoms with Gasteiger partial charge in [-0.25, -0.2) is 0 Å². The van der Waals surface area contributed by atoms with E-state index in [1.165, 1.54) is 97.0 Å². The normalized spacial score (nSPS) is 13.4. The van der Waals surface area contributed by atoms with E-state index in [0.717, 1.165) is 24.3 Å². The Hall–Kier alpha value is -2.39. The number of benzene rings is 2. The first-order valence-electron chi connectivity index (χ1n) is 14.7. The minimum atomic E-state index is 0.0641. The number of thiophene rings is 1. The van der Waals surface area contributed by atoms with E-state index in [-0.39, 0.29) is 5.41 Å². The molecule has 0 atom stereocenters. The van der Waals surface area contributed by atoms with Gasteiger partial charge in [0.15, 0.2) is 6.29 Å². The lowest BCUT2D eigenvalue weighted by Gasteiger charge is -2.34. The fourth-order valence-corrected chi connectivity index (χ4v) is 6.91. The Morgan fingerprint density at radius 2 is 1.32 bits per heavy atom. The molecule has 1 aliphatic carbocycles. The highest BCUT2D eigenvalue weighted by molar-refractivity contribution is 7.17. The topological polar surface area (TPSA) is 20.3 Å². The first kappa shape index (κ1) is 27.6. The van der Waals surface area contributed by atoms with Gasteiger partial charge in [0.25, 0.3) is 0 Å². The number of aldehydes is 1. The molecular weight excluding hydrogens is 470 g/mol. The molecule has 4 rings (SSSR count). The van der Waals surface area contributed by atoms with Crippen molar-refractivity contribution in [2.45, 2.75) is 97.3 Å². The highest BCUT2D eigenvalue weighted by Gasteiger charge is 2.42. The molecule has 0 amide bonds. The molecule has 0 fully saturated rings. The van der Waals surface area contributed by atoms with E-state index in [0.29, 0.717) is 0 Å². The highest BCUT2D eigenvalue weighted by atomic mass is 32.1. The van der Waals surface area contributed by atoms with Gasteiger partial charge in [0.2, 0.25) is 0 Å². The molecule has 3 aromatic rings. The zero-order chi connectivity index (χ0) is 26.3. The first-order chi connectivity index (χ1) is 18.1. The Labute approximate surface area is 229 Å². The number of hydrogen-bond donors (Lipinski definition) is 0. The van der Waals surface area contributed by atoms with E-state index in [9.17, 15) is 4.79 Å². The Bertz CT molecular complexity index is 1160. The van der Waals surface area contributed by atoms with Crippen molar-refractivity contribution in [2.75, 3.05) is 18.0 Å². The number of hydrogen-bond acceptors (Lipinski definition) is 3. The summed E-state index contributed by atoms with van der Waals surface area (Å²) in [5.74, 6) is 0. The minimum Gasteiger partial charge on any atom is -0.372 e. The molecule has 0 unspecified atom stereocenters. The van der Waals surface area contributed by atoms with Crippen molar-refractivity contribution in [3.05, 3.63) is 64.5 Å². The SMILES string of the molecule is CCCCN(CCCC)c1ccc2c(c1)C(CCCC)(CCCC)c1cc(-c3ccc(C=O)s3)ccc1-2. The average Bonchev–Trinajstić information content (AvgIpc) is 3.52. The molecule has 1 heterocycles. The Kier molecular flexibility index (Phi) is 9.65. The molecule has 0 aliphatic heterocycles. The number of carbonyl (C=O) groups is 1. The molecule has 2 nitrogen and oxygen atoms in total. The quantitative estimate of drug-likeness (QED) is 0.188. The Morgan fingerprint density at radius 3 is 1.89 bits per heavy atom. The molecule has 1 aliphatic rings. The molecule has 0 radical (unpaired) electrons. The molecule has 0 bridgehead atoms. The molecule has 198 valence electrons. The van der Waals surface area contributed by atoms with Crippen LogP contribution in [0.5, 0.6) is 0 Å². The van der Waals surface area contributed by atoms with Crippen molar-refractivity contribution in [3.8, 4) is 21.6 Å². The van der Waals surface area contributed by atoms with E-state index < -0.39 is 0 Å². The molecule has 0 spiro atoms. The van der Waals surface area contributed by atoms with Gasteiger partial charge in [0, 0.05) is 29.1 Å². The van der Waals surface area contributed by atoms with Crippen LogP contribution in [-0.4, -0.2) is 19.4 Å². The van der Waals surface area contributed by atoms with Gasteiger partial charge >= 0.3 is 0 Å². The lowest BCUT2D eigenvalue weighted by molar-refractivity contribution is 0.112. The van der Waals surface area contributed by atoms with Crippen molar-refractivity contribution >= 4 is 23.3 Å². The van der Waals surface area contributed by atoms with Crippen LogP contribution in [0.4, 0.5) is 5.69 Å². The number of carbonyl (C=O) groups excluding carboxylic acids is 1. The van der Waals surface area contributed by atoms with E-state index in [1.54, 1.807) is 16.9 Å². The number of nitrogens with zero attached hydrogens (tertiary/aromatic N) is 1. The standard InChI is InChI=1S/C34H45NOS/c1-5-9-19-34(20-10-6-2)31-23-26(33-18-15-28(25-36)37-33)13-16-29(31)30-17-14-27(24-32(30)34)35(21-11-7-3)22-12-8-4/h13-18,23-25H,5-12,19-22H2,1-4H3. The lowest BCUT2D eigenvalue weighted by atomic mass is 9.70. The predicted molar refractivity (Wildman–Crippen MR) is 162 cm³/mol. The second-order valence-corrected chi connectivity index (χ2v) is 11.9. The fraction of sp³-hybridized carbons (Fsp3) is 0.500. The van der Waals surface area contributed by atoms with E-state index >= 15 is 0 Å². The van der Waals surface area contributed by atoms with Crippen LogP contribution in [0.1, 0.15) is 113 Å². The molecule has 2 aromatic carbocycles. The van der Waals surface area contributed by atoms with Gasteiger partial charge in [-0.3, -0.25) is 4.79 Å². The third kappa shape index (κ3) is 5.72. The molecule has 0 saturated heterocycles. The molecule has 3 heteroatoms. The average molecular weight is 516 g/mol. The highest BCUT2D eigenvalue weighted by Crippen LogP contribution is 2.55. The predicted octanol–water partition coefficient (Wildman–Crippen LogP) is 10.3. The molecule has 37 heavy (non-hydrogen) atoms. The summed E-state index contributed by atoms with van der Waals surface area (Å²) in [6.45, 7) is 11.5. The third-order valence-electron chi connectivity index (χ3n) is 8.21. The van der Waals surface area contributed by atoms with E-state index in [1.807, 2.05) is 6.07 Å². The molecule has 1 aromatic heterocycles. The van der Waals surface area contributed by atoms with Crippen LogP contribution < -0.4 is 4.90 Å². The van der Waals surface area contributed by atoms with Gasteiger partial charge in [-0.05, 0) is 83.8 Å². The number of unbranched alkanes of at least 4 members (excludes halogenated alkanes) is 4. The zero-order valence-corrected chi connectivity index (χ0v) is 24.3. The summed E-state index contributed by atoms with van der Waals surface area (Å²) < 4.78 is 0. The Morgan fingerprint density at radius 1 is 0.730 bits per heavy atom. The maximum Gasteiger partial charge on any atom is 0.160 e. The van der Waals surface area contributed by atoms with Crippen LogP contribution in [0.3, 0.4) is 0 Å². The Balaban J connectivity index is 1.85. The second kappa shape index (κ2) is 12.9. The van der Waals surface area contributed by atoms with Crippen LogP contribution in [0, 0.1) is 0 Å². The fourth-order valence-electron chi connectivity index (χ4n) is 6.09. The number of fused-ring (bicyclic) bond motifs is 3. The summed E-state index contributed by atoms with van der Waals surface area (Å²) in [7, 11) is 0. The first-order valence-corrected chi connectivity index (χ1v) is 15.5. The van der Waals surface area contributed by atoms with Gasteiger partial charge in [-0.2, -0.15) is 0 Å². The largest absolute Gasteiger partial charge is 0.372 e. The molecular formula is C34H45NOS. The van der Waals surface area contributed by atoms with Gasteiger partial charge in [0.1, 0.15) is 0 Å². The maximum absolute atomic E-state index is 11.4. The lowest BCUT2D eigenvalue weighted by Crippen LogP contribution is -2.28. The monoisotopic (exact) mass is 515 g/mol. The molecule has 0 N–H and O–H groups in total. The number of anilines is 1. The van der Waals surface area contributed by atoms with Crippen molar-refractivity contribution in [2.24, 2.45) is 0 Å².